The van der Waals surface area contributed by atoms with Crippen molar-refractivity contribution in [1.82, 2.24) is 0 Å². The average Bonchev–Trinajstić information content (AvgIpc) is 3.30. The molecule has 0 amide bonds. The number of esters is 3. The summed E-state index contributed by atoms with van der Waals surface area (Å²) in [5, 5.41) is 0. The van der Waals surface area contributed by atoms with Gasteiger partial charge in [0.1, 0.15) is 13.2 Å². The maximum absolute atomic E-state index is 12.8. The average molecular weight is 907 g/mol. The number of rotatable bonds is 49. The Kier molecular flexibility index (Phi) is 50.9. The SMILES string of the molecule is CCC\C=C/C=C\C=C/C=C\C=C/CCCCCCCC(=O)OCC(COC(=O)CCCCCCC/C=C\CCCC)OC(=O)CCCCCCCCCCCCCCCCCCCC. The van der Waals surface area contributed by atoms with E-state index in [1.165, 1.54) is 135 Å². The van der Waals surface area contributed by atoms with Crippen LogP contribution in [-0.4, -0.2) is 37.2 Å². The Morgan fingerprint density at radius 1 is 0.308 bits per heavy atom. The summed E-state index contributed by atoms with van der Waals surface area (Å²) >= 11 is 0. The summed E-state index contributed by atoms with van der Waals surface area (Å²) in [5.41, 5.74) is 0. The smallest absolute Gasteiger partial charge is 0.306 e. The van der Waals surface area contributed by atoms with E-state index in [2.05, 4.69) is 69.4 Å². The Bertz CT molecular complexity index is 1230. The minimum atomic E-state index is -0.787. The van der Waals surface area contributed by atoms with Crippen LogP contribution in [0, 0.1) is 0 Å². The number of hydrogen-bond donors (Lipinski definition) is 0. The molecule has 65 heavy (non-hydrogen) atoms. The highest BCUT2D eigenvalue weighted by molar-refractivity contribution is 5.71. The van der Waals surface area contributed by atoms with Crippen molar-refractivity contribution < 1.29 is 28.6 Å². The zero-order valence-corrected chi connectivity index (χ0v) is 42.7. The summed E-state index contributed by atoms with van der Waals surface area (Å²) in [6.45, 7) is 6.50. The van der Waals surface area contributed by atoms with Crippen LogP contribution in [0.3, 0.4) is 0 Å². The lowest BCUT2D eigenvalue weighted by Crippen LogP contribution is -2.30. The first-order valence-corrected chi connectivity index (χ1v) is 27.5. The highest BCUT2D eigenvalue weighted by Crippen LogP contribution is 2.16. The molecule has 1 atom stereocenters. The van der Waals surface area contributed by atoms with Crippen molar-refractivity contribution in [3.05, 3.63) is 72.9 Å². The Morgan fingerprint density at radius 3 is 1.02 bits per heavy atom. The van der Waals surface area contributed by atoms with Gasteiger partial charge in [-0.3, -0.25) is 14.4 Å². The molecule has 0 aromatic heterocycles. The Balaban J connectivity index is 4.39. The van der Waals surface area contributed by atoms with Crippen molar-refractivity contribution in [2.45, 2.75) is 271 Å². The molecule has 0 aliphatic carbocycles. The van der Waals surface area contributed by atoms with E-state index >= 15 is 0 Å². The van der Waals surface area contributed by atoms with Gasteiger partial charge in [0.15, 0.2) is 6.10 Å². The summed E-state index contributed by atoms with van der Waals surface area (Å²) in [7, 11) is 0. The highest BCUT2D eigenvalue weighted by atomic mass is 16.6. The quantitative estimate of drug-likeness (QED) is 0.0199. The summed E-state index contributed by atoms with van der Waals surface area (Å²) in [4.78, 5) is 38.0. The van der Waals surface area contributed by atoms with Gasteiger partial charge in [-0.05, 0) is 57.8 Å². The Labute approximate surface area is 402 Å². The molecule has 0 aliphatic rings. The molecule has 1 unspecified atom stereocenters. The third-order valence-electron chi connectivity index (χ3n) is 11.8. The van der Waals surface area contributed by atoms with Gasteiger partial charge in [0.25, 0.3) is 0 Å². The lowest BCUT2D eigenvalue weighted by Gasteiger charge is -2.18. The molecule has 0 N–H and O–H groups in total. The number of ether oxygens (including phenoxy) is 3. The predicted octanol–water partition coefficient (Wildman–Crippen LogP) is 18.2. The maximum Gasteiger partial charge on any atom is 0.306 e. The fourth-order valence-electron chi connectivity index (χ4n) is 7.63. The second kappa shape index (κ2) is 53.5. The van der Waals surface area contributed by atoms with Gasteiger partial charge in [0.2, 0.25) is 0 Å². The molecule has 0 aromatic rings. The standard InChI is InChI=1S/C59H102O6/c1-4-7-10-13-16-19-22-24-26-28-30-32-34-37-40-43-46-49-52-58(61)64-55-56(54-63-57(60)51-48-45-42-39-36-21-18-15-12-9-6-3)65-59(62)53-50-47-44-41-38-35-33-31-29-27-25-23-20-17-14-11-8-5-2/h10,13,15-16,18-19,22,24,26,28,30,32,56H,4-9,11-12,14,17,20-21,23,25,27,29,31,33-55H2,1-3H3/b13-10-,18-15-,19-16-,24-22-,28-26-,32-30-. The summed E-state index contributed by atoms with van der Waals surface area (Å²) < 4.78 is 16.8. The molecule has 0 spiro atoms. The largest absolute Gasteiger partial charge is 0.462 e. The van der Waals surface area contributed by atoms with Crippen molar-refractivity contribution >= 4 is 17.9 Å². The Morgan fingerprint density at radius 2 is 0.615 bits per heavy atom. The van der Waals surface area contributed by atoms with Crippen LogP contribution >= 0.6 is 0 Å². The van der Waals surface area contributed by atoms with E-state index in [-0.39, 0.29) is 31.1 Å². The van der Waals surface area contributed by atoms with Gasteiger partial charge >= 0.3 is 17.9 Å². The van der Waals surface area contributed by atoms with Crippen LogP contribution in [0.4, 0.5) is 0 Å². The van der Waals surface area contributed by atoms with Crippen LogP contribution in [0.15, 0.2) is 72.9 Å². The fraction of sp³-hybridized carbons (Fsp3) is 0.746. The van der Waals surface area contributed by atoms with Crippen molar-refractivity contribution in [3.8, 4) is 0 Å². The molecule has 0 saturated carbocycles. The van der Waals surface area contributed by atoms with Gasteiger partial charge in [-0.1, -0.05) is 261 Å². The molecule has 0 aromatic carbocycles. The second-order valence-electron chi connectivity index (χ2n) is 18.3. The molecule has 0 saturated heterocycles. The number of hydrogen-bond acceptors (Lipinski definition) is 6. The first-order chi connectivity index (χ1) is 32.0. The van der Waals surface area contributed by atoms with Crippen molar-refractivity contribution in [2.24, 2.45) is 0 Å². The number of carbonyl (C=O) groups excluding carboxylic acids is 3. The van der Waals surface area contributed by atoms with E-state index in [9.17, 15) is 14.4 Å². The number of unbranched alkanes of at least 4 members (excludes halogenated alkanes) is 30. The third-order valence-corrected chi connectivity index (χ3v) is 11.8. The molecule has 0 radical (unpaired) electrons. The molecule has 6 nitrogen and oxygen atoms in total. The van der Waals surface area contributed by atoms with E-state index in [4.69, 9.17) is 14.2 Å². The molecule has 6 heteroatoms. The van der Waals surface area contributed by atoms with Gasteiger partial charge < -0.3 is 14.2 Å². The molecule has 0 aliphatic heterocycles. The van der Waals surface area contributed by atoms with Gasteiger partial charge in [0, 0.05) is 19.3 Å². The van der Waals surface area contributed by atoms with Gasteiger partial charge in [-0.25, -0.2) is 0 Å². The molecular formula is C59H102O6. The molecule has 374 valence electrons. The van der Waals surface area contributed by atoms with E-state index < -0.39 is 6.10 Å². The topological polar surface area (TPSA) is 78.9 Å². The lowest BCUT2D eigenvalue weighted by molar-refractivity contribution is -0.167. The van der Waals surface area contributed by atoms with Crippen LogP contribution in [0.1, 0.15) is 265 Å². The summed E-state index contributed by atoms with van der Waals surface area (Å²) in [6.07, 6.45) is 67.4. The molecule has 0 fully saturated rings. The zero-order chi connectivity index (χ0) is 47.2. The Hall–Kier alpha value is -3.15. The predicted molar refractivity (Wildman–Crippen MR) is 279 cm³/mol. The summed E-state index contributed by atoms with van der Waals surface area (Å²) in [6, 6.07) is 0. The number of carbonyl (C=O) groups is 3. The fourth-order valence-corrected chi connectivity index (χ4v) is 7.63. The zero-order valence-electron chi connectivity index (χ0n) is 42.7. The van der Waals surface area contributed by atoms with Crippen molar-refractivity contribution in [3.63, 3.8) is 0 Å². The third kappa shape index (κ3) is 51.7. The normalized spacial score (nSPS) is 12.6. The maximum atomic E-state index is 12.8. The first-order valence-electron chi connectivity index (χ1n) is 27.5. The highest BCUT2D eigenvalue weighted by Gasteiger charge is 2.19. The summed E-state index contributed by atoms with van der Waals surface area (Å²) in [5.74, 6) is -0.914. The van der Waals surface area contributed by atoms with Gasteiger partial charge in [-0.2, -0.15) is 0 Å². The van der Waals surface area contributed by atoms with E-state index in [0.717, 1.165) is 89.9 Å². The van der Waals surface area contributed by atoms with Gasteiger partial charge in [-0.15, -0.1) is 0 Å². The van der Waals surface area contributed by atoms with E-state index in [1.807, 2.05) is 24.3 Å². The van der Waals surface area contributed by atoms with Crippen molar-refractivity contribution in [1.29, 1.82) is 0 Å². The van der Waals surface area contributed by atoms with Gasteiger partial charge in [0.05, 0.1) is 0 Å². The van der Waals surface area contributed by atoms with Crippen LogP contribution in [0.5, 0.6) is 0 Å². The lowest BCUT2D eigenvalue weighted by atomic mass is 10.0. The second-order valence-corrected chi connectivity index (χ2v) is 18.3. The van der Waals surface area contributed by atoms with Crippen molar-refractivity contribution in [2.75, 3.05) is 13.2 Å². The van der Waals surface area contributed by atoms with Crippen LogP contribution in [0.2, 0.25) is 0 Å². The molecular weight excluding hydrogens is 805 g/mol. The van der Waals surface area contributed by atoms with Crippen LogP contribution < -0.4 is 0 Å². The van der Waals surface area contributed by atoms with E-state index in [0.29, 0.717) is 19.3 Å². The van der Waals surface area contributed by atoms with Crippen LogP contribution in [-0.2, 0) is 28.6 Å². The molecule has 0 bridgehead atoms. The molecule has 0 heterocycles. The monoisotopic (exact) mass is 907 g/mol. The minimum absolute atomic E-state index is 0.0867. The van der Waals surface area contributed by atoms with Crippen LogP contribution in [0.25, 0.3) is 0 Å². The van der Waals surface area contributed by atoms with E-state index in [1.54, 1.807) is 0 Å². The molecule has 0 rings (SSSR count). The first kappa shape index (κ1) is 61.9. The number of allylic oxidation sites excluding steroid dienone is 12. The minimum Gasteiger partial charge on any atom is -0.462 e.